The summed E-state index contributed by atoms with van der Waals surface area (Å²) in [6.07, 6.45) is -4.08. The van der Waals surface area contributed by atoms with Gasteiger partial charge in [0.2, 0.25) is 0 Å². The topological polar surface area (TPSA) is 57.6 Å². The van der Waals surface area contributed by atoms with Gasteiger partial charge in [-0.1, -0.05) is 6.92 Å². The normalized spacial score (nSPS) is 22.5. The van der Waals surface area contributed by atoms with Gasteiger partial charge in [0.05, 0.1) is 11.5 Å². The molecule has 0 saturated carbocycles. The molecule has 0 spiro atoms. The van der Waals surface area contributed by atoms with Gasteiger partial charge in [-0.25, -0.2) is 0 Å². The number of benzene rings is 1. The van der Waals surface area contributed by atoms with Crippen molar-refractivity contribution in [1.82, 2.24) is 4.90 Å². The Morgan fingerprint density at radius 2 is 1.82 bits per heavy atom. The summed E-state index contributed by atoms with van der Waals surface area (Å²) in [6, 6.07) is 4.06. The number of likely N-dealkylation sites (tertiary alicyclic amines) is 1. The standard InChI is InChI=1S/C15H16F3NO3/c1-9-8-19(7-6-12(9)14(21)22)13(20)10-2-4-11(5-3-10)15(16,17)18/h2-5,9,12H,6-8H2,1H3,(H,21,22). The van der Waals surface area contributed by atoms with Crippen molar-refractivity contribution in [1.29, 1.82) is 0 Å². The minimum Gasteiger partial charge on any atom is -0.481 e. The highest BCUT2D eigenvalue weighted by Crippen LogP contribution is 2.30. The molecule has 0 bridgehead atoms. The maximum absolute atomic E-state index is 12.5. The van der Waals surface area contributed by atoms with Crippen molar-refractivity contribution in [2.24, 2.45) is 11.8 Å². The number of hydrogen-bond acceptors (Lipinski definition) is 2. The largest absolute Gasteiger partial charge is 0.481 e. The number of aliphatic carboxylic acids is 1. The highest BCUT2D eigenvalue weighted by molar-refractivity contribution is 5.94. The highest BCUT2D eigenvalue weighted by Gasteiger charge is 2.34. The van der Waals surface area contributed by atoms with Crippen molar-refractivity contribution >= 4 is 11.9 Å². The molecule has 0 radical (unpaired) electrons. The molecule has 1 aliphatic heterocycles. The smallest absolute Gasteiger partial charge is 0.416 e. The Balaban J connectivity index is 2.08. The summed E-state index contributed by atoms with van der Waals surface area (Å²) in [5.41, 5.74) is -0.629. The maximum Gasteiger partial charge on any atom is 0.416 e. The molecule has 1 aromatic rings. The molecule has 120 valence electrons. The van der Waals surface area contributed by atoms with Gasteiger partial charge < -0.3 is 10.0 Å². The van der Waals surface area contributed by atoms with Crippen LogP contribution in [0.25, 0.3) is 0 Å². The molecule has 2 rings (SSSR count). The molecule has 7 heteroatoms. The molecular formula is C15H16F3NO3. The molecule has 1 N–H and O–H groups in total. The first kappa shape index (κ1) is 16.3. The summed E-state index contributed by atoms with van der Waals surface area (Å²) >= 11 is 0. The van der Waals surface area contributed by atoms with E-state index >= 15 is 0 Å². The predicted octanol–water partition coefficient (Wildman–Crippen LogP) is 2.89. The van der Waals surface area contributed by atoms with E-state index in [9.17, 15) is 22.8 Å². The Kier molecular flexibility index (Phi) is 4.44. The number of halogens is 3. The first-order valence-corrected chi connectivity index (χ1v) is 6.89. The van der Waals surface area contributed by atoms with Crippen LogP contribution in [0.5, 0.6) is 0 Å². The molecule has 1 fully saturated rings. The summed E-state index contributed by atoms with van der Waals surface area (Å²) < 4.78 is 37.5. The molecule has 0 aromatic heterocycles. The van der Waals surface area contributed by atoms with Gasteiger partial charge in [0, 0.05) is 18.7 Å². The summed E-state index contributed by atoms with van der Waals surface area (Å²) in [5.74, 6) is -1.93. The molecule has 2 unspecified atom stereocenters. The van der Waals surface area contributed by atoms with Crippen molar-refractivity contribution in [2.75, 3.05) is 13.1 Å². The van der Waals surface area contributed by atoms with Crippen LogP contribution in [0.2, 0.25) is 0 Å². The SMILES string of the molecule is CC1CN(C(=O)c2ccc(C(F)(F)F)cc2)CCC1C(=O)O. The Hall–Kier alpha value is -2.05. The van der Waals surface area contributed by atoms with E-state index in [4.69, 9.17) is 5.11 Å². The Labute approximate surface area is 125 Å². The van der Waals surface area contributed by atoms with Crippen molar-refractivity contribution in [3.8, 4) is 0 Å². The van der Waals surface area contributed by atoms with Crippen LogP contribution >= 0.6 is 0 Å². The molecule has 1 aromatic carbocycles. The highest BCUT2D eigenvalue weighted by atomic mass is 19.4. The lowest BCUT2D eigenvalue weighted by molar-refractivity contribution is -0.145. The summed E-state index contributed by atoms with van der Waals surface area (Å²) in [7, 11) is 0. The Bertz CT molecular complexity index is 568. The van der Waals surface area contributed by atoms with Crippen molar-refractivity contribution < 1.29 is 27.9 Å². The van der Waals surface area contributed by atoms with Gasteiger partial charge in [-0.3, -0.25) is 9.59 Å². The first-order chi connectivity index (χ1) is 10.2. The fraction of sp³-hybridized carbons (Fsp3) is 0.467. The Morgan fingerprint density at radius 1 is 1.23 bits per heavy atom. The molecular weight excluding hydrogens is 299 g/mol. The quantitative estimate of drug-likeness (QED) is 0.913. The van der Waals surface area contributed by atoms with Crippen LogP contribution in [0.3, 0.4) is 0 Å². The number of carbonyl (C=O) groups excluding carboxylic acids is 1. The molecule has 1 amide bonds. The van der Waals surface area contributed by atoms with Crippen molar-refractivity contribution in [2.45, 2.75) is 19.5 Å². The molecule has 2 atom stereocenters. The monoisotopic (exact) mass is 315 g/mol. The summed E-state index contributed by atoms with van der Waals surface area (Å²) in [4.78, 5) is 24.8. The third-order valence-electron chi connectivity index (χ3n) is 3.97. The minimum absolute atomic E-state index is 0.175. The lowest BCUT2D eigenvalue weighted by Crippen LogP contribution is -2.45. The molecule has 4 nitrogen and oxygen atoms in total. The third kappa shape index (κ3) is 3.40. The van der Waals surface area contributed by atoms with E-state index in [0.29, 0.717) is 13.0 Å². The third-order valence-corrected chi connectivity index (χ3v) is 3.97. The van der Waals surface area contributed by atoms with E-state index in [0.717, 1.165) is 24.3 Å². The fourth-order valence-corrected chi connectivity index (χ4v) is 2.68. The van der Waals surface area contributed by atoms with Crippen LogP contribution in [-0.4, -0.2) is 35.0 Å². The van der Waals surface area contributed by atoms with Crippen LogP contribution < -0.4 is 0 Å². The van der Waals surface area contributed by atoms with Gasteiger partial charge in [-0.05, 0) is 36.6 Å². The van der Waals surface area contributed by atoms with Crippen LogP contribution in [0.1, 0.15) is 29.3 Å². The first-order valence-electron chi connectivity index (χ1n) is 6.89. The fourth-order valence-electron chi connectivity index (χ4n) is 2.68. The lowest BCUT2D eigenvalue weighted by atomic mass is 9.87. The number of carboxylic acids is 1. The number of carbonyl (C=O) groups is 2. The van der Waals surface area contributed by atoms with Gasteiger partial charge in [0.25, 0.3) is 5.91 Å². The molecule has 22 heavy (non-hydrogen) atoms. The number of piperidine rings is 1. The second kappa shape index (κ2) is 5.98. The van der Waals surface area contributed by atoms with Gasteiger partial charge in [-0.2, -0.15) is 13.2 Å². The number of alkyl halides is 3. The number of hydrogen-bond donors (Lipinski definition) is 1. The average Bonchev–Trinajstić information content (AvgIpc) is 2.45. The summed E-state index contributed by atoms with van der Waals surface area (Å²) in [5, 5.41) is 9.05. The van der Waals surface area contributed by atoms with Gasteiger partial charge >= 0.3 is 12.1 Å². The zero-order valence-corrected chi connectivity index (χ0v) is 11.9. The van der Waals surface area contributed by atoms with E-state index in [2.05, 4.69) is 0 Å². The number of carboxylic acid groups (broad SMARTS) is 1. The van der Waals surface area contributed by atoms with E-state index in [1.807, 2.05) is 0 Å². The van der Waals surface area contributed by atoms with Crippen LogP contribution in [-0.2, 0) is 11.0 Å². The lowest BCUT2D eigenvalue weighted by Gasteiger charge is -2.35. The van der Waals surface area contributed by atoms with Gasteiger partial charge in [-0.15, -0.1) is 0 Å². The summed E-state index contributed by atoms with van der Waals surface area (Å²) in [6.45, 7) is 2.34. The molecule has 1 saturated heterocycles. The number of rotatable bonds is 2. The van der Waals surface area contributed by atoms with E-state index in [1.54, 1.807) is 6.92 Å². The van der Waals surface area contributed by atoms with Crippen LogP contribution in [0.4, 0.5) is 13.2 Å². The average molecular weight is 315 g/mol. The maximum atomic E-state index is 12.5. The van der Waals surface area contributed by atoms with E-state index < -0.39 is 23.6 Å². The van der Waals surface area contributed by atoms with E-state index in [1.165, 1.54) is 4.90 Å². The van der Waals surface area contributed by atoms with Crippen molar-refractivity contribution in [3.63, 3.8) is 0 Å². The second-order valence-corrected chi connectivity index (χ2v) is 5.54. The molecule has 1 heterocycles. The van der Waals surface area contributed by atoms with Gasteiger partial charge in [0.1, 0.15) is 0 Å². The zero-order chi connectivity index (χ0) is 16.5. The minimum atomic E-state index is -4.43. The predicted molar refractivity (Wildman–Crippen MR) is 72.3 cm³/mol. The number of nitrogens with zero attached hydrogens (tertiary/aromatic N) is 1. The van der Waals surface area contributed by atoms with Crippen LogP contribution in [0, 0.1) is 11.8 Å². The second-order valence-electron chi connectivity index (χ2n) is 5.54. The molecule has 0 aliphatic carbocycles. The number of amides is 1. The Morgan fingerprint density at radius 3 is 2.27 bits per heavy atom. The van der Waals surface area contributed by atoms with Gasteiger partial charge in [0.15, 0.2) is 0 Å². The zero-order valence-electron chi connectivity index (χ0n) is 11.9. The van der Waals surface area contributed by atoms with Crippen LogP contribution in [0.15, 0.2) is 24.3 Å². The molecule has 1 aliphatic rings. The van der Waals surface area contributed by atoms with E-state index in [-0.39, 0.29) is 23.9 Å². The van der Waals surface area contributed by atoms with Crippen molar-refractivity contribution in [3.05, 3.63) is 35.4 Å².